The number of amides is 1. The van der Waals surface area contributed by atoms with Crippen LogP contribution in [0.4, 0.5) is 5.69 Å². The summed E-state index contributed by atoms with van der Waals surface area (Å²) in [6, 6.07) is 5.56. The van der Waals surface area contributed by atoms with Gasteiger partial charge in [0, 0.05) is 29.3 Å². The number of anilines is 1. The lowest BCUT2D eigenvalue weighted by molar-refractivity contribution is -0.131. The summed E-state index contributed by atoms with van der Waals surface area (Å²) in [7, 11) is 0. The summed E-state index contributed by atoms with van der Waals surface area (Å²) in [4.78, 5) is 24.0. The largest absolute Gasteiger partial charge is 0.478 e. The molecule has 0 bridgehead atoms. The predicted octanol–water partition coefficient (Wildman–Crippen LogP) is 1.48. The molecule has 1 aromatic rings. The number of carboxylic acids is 1. The summed E-state index contributed by atoms with van der Waals surface area (Å²) in [5, 5.41) is 11.5. The van der Waals surface area contributed by atoms with Gasteiger partial charge in [-0.2, -0.15) is 0 Å². The predicted molar refractivity (Wildman–Crippen MR) is 76.0 cm³/mol. The minimum atomic E-state index is -0.995. The average Bonchev–Trinajstić information content (AvgIpc) is 2.37. The maximum Gasteiger partial charge on any atom is 0.328 e. The zero-order valence-electron chi connectivity index (χ0n) is 10.1. The summed E-state index contributed by atoms with van der Waals surface area (Å²) in [6.45, 7) is 1.58. The molecule has 1 aromatic carbocycles. The minimum Gasteiger partial charge on any atom is -0.478 e. The van der Waals surface area contributed by atoms with Gasteiger partial charge < -0.3 is 15.3 Å². The lowest BCUT2D eigenvalue weighted by Gasteiger charge is -2.30. The van der Waals surface area contributed by atoms with Crippen molar-refractivity contribution in [1.82, 2.24) is 5.32 Å². The van der Waals surface area contributed by atoms with E-state index in [9.17, 15) is 9.59 Å². The van der Waals surface area contributed by atoms with E-state index in [1.165, 1.54) is 6.08 Å². The summed E-state index contributed by atoms with van der Waals surface area (Å²) >= 11 is 3.39. The number of rotatable bonds is 3. The van der Waals surface area contributed by atoms with Gasteiger partial charge >= 0.3 is 5.97 Å². The molecule has 0 saturated carbocycles. The number of piperazine rings is 1. The van der Waals surface area contributed by atoms with E-state index in [1.807, 2.05) is 23.1 Å². The Kier molecular flexibility index (Phi) is 4.21. The van der Waals surface area contributed by atoms with Crippen LogP contribution in [0.1, 0.15) is 5.56 Å². The molecule has 100 valence electrons. The third kappa shape index (κ3) is 3.57. The molecule has 0 aromatic heterocycles. The van der Waals surface area contributed by atoms with Crippen LogP contribution < -0.4 is 10.2 Å². The number of nitrogens with one attached hydrogen (secondary N) is 1. The highest BCUT2D eigenvalue weighted by atomic mass is 79.9. The number of hydrogen-bond donors (Lipinski definition) is 2. The Balaban J connectivity index is 2.33. The first-order chi connectivity index (χ1) is 9.06. The van der Waals surface area contributed by atoms with Gasteiger partial charge in [-0.05, 0) is 23.8 Å². The maximum atomic E-state index is 11.4. The van der Waals surface area contributed by atoms with Crippen LogP contribution in [0, 0.1) is 0 Å². The van der Waals surface area contributed by atoms with E-state index in [0.29, 0.717) is 13.1 Å². The molecule has 2 N–H and O–H groups in total. The highest BCUT2D eigenvalue weighted by molar-refractivity contribution is 9.10. The molecule has 1 fully saturated rings. The van der Waals surface area contributed by atoms with Crippen molar-refractivity contribution < 1.29 is 14.7 Å². The standard InChI is InChI=1S/C13H13BrN2O3/c14-10-3-1-9(2-4-13(18)19)11(7-10)16-6-5-15-12(17)8-16/h1-4,7H,5-6,8H2,(H,15,17)(H,18,19)/b4-2+. The lowest BCUT2D eigenvalue weighted by atomic mass is 10.1. The Morgan fingerprint density at radius 1 is 1.47 bits per heavy atom. The molecule has 1 aliphatic rings. The molecule has 0 unspecified atom stereocenters. The molecule has 2 rings (SSSR count). The summed E-state index contributed by atoms with van der Waals surface area (Å²) in [5.74, 6) is -1.02. The quantitative estimate of drug-likeness (QED) is 0.826. The van der Waals surface area contributed by atoms with Crippen molar-refractivity contribution in [1.29, 1.82) is 0 Å². The van der Waals surface area contributed by atoms with Gasteiger partial charge in [0.05, 0.1) is 6.54 Å². The van der Waals surface area contributed by atoms with Gasteiger partial charge in [0.15, 0.2) is 0 Å². The van der Waals surface area contributed by atoms with E-state index in [0.717, 1.165) is 21.8 Å². The summed E-state index contributed by atoms with van der Waals surface area (Å²) < 4.78 is 0.890. The van der Waals surface area contributed by atoms with Crippen LogP contribution in [0.5, 0.6) is 0 Å². The molecule has 6 heteroatoms. The Hall–Kier alpha value is -1.82. The summed E-state index contributed by atoms with van der Waals surface area (Å²) in [5.41, 5.74) is 1.63. The van der Waals surface area contributed by atoms with Crippen molar-refractivity contribution in [2.75, 3.05) is 24.5 Å². The van der Waals surface area contributed by atoms with E-state index in [1.54, 1.807) is 0 Å². The highest BCUT2D eigenvalue weighted by Crippen LogP contribution is 2.26. The van der Waals surface area contributed by atoms with E-state index in [4.69, 9.17) is 5.11 Å². The normalized spacial score (nSPS) is 15.6. The monoisotopic (exact) mass is 324 g/mol. The van der Waals surface area contributed by atoms with Crippen molar-refractivity contribution >= 4 is 39.6 Å². The van der Waals surface area contributed by atoms with E-state index < -0.39 is 5.97 Å². The Morgan fingerprint density at radius 3 is 2.95 bits per heavy atom. The fourth-order valence-corrected chi connectivity index (χ4v) is 2.29. The number of aliphatic carboxylic acids is 1. The molecule has 0 spiro atoms. The molecule has 1 saturated heterocycles. The van der Waals surface area contributed by atoms with Crippen molar-refractivity contribution in [2.45, 2.75) is 0 Å². The number of carbonyl (C=O) groups excluding carboxylic acids is 1. The Morgan fingerprint density at radius 2 is 2.26 bits per heavy atom. The third-order valence-electron chi connectivity index (χ3n) is 2.78. The van der Waals surface area contributed by atoms with Gasteiger partial charge in [0.25, 0.3) is 0 Å². The molecule has 1 amide bonds. The van der Waals surface area contributed by atoms with Gasteiger partial charge in [0.2, 0.25) is 5.91 Å². The van der Waals surface area contributed by atoms with Crippen LogP contribution in [-0.2, 0) is 9.59 Å². The molecule has 0 radical (unpaired) electrons. The van der Waals surface area contributed by atoms with Gasteiger partial charge in [-0.25, -0.2) is 4.79 Å². The van der Waals surface area contributed by atoms with E-state index in [2.05, 4.69) is 21.2 Å². The summed E-state index contributed by atoms with van der Waals surface area (Å²) in [6.07, 6.45) is 2.63. The van der Waals surface area contributed by atoms with Crippen LogP contribution in [0.25, 0.3) is 6.08 Å². The molecule has 0 atom stereocenters. The van der Waals surface area contributed by atoms with Crippen LogP contribution in [0.15, 0.2) is 28.7 Å². The Labute approximate surface area is 119 Å². The van der Waals surface area contributed by atoms with Gasteiger partial charge in [0.1, 0.15) is 0 Å². The molecular weight excluding hydrogens is 312 g/mol. The van der Waals surface area contributed by atoms with Crippen molar-refractivity contribution in [2.24, 2.45) is 0 Å². The number of halogens is 1. The zero-order valence-corrected chi connectivity index (χ0v) is 11.7. The van der Waals surface area contributed by atoms with Gasteiger partial charge in [-0.3, -0.25) is 4.79 Å². The van der Waals surface area contributed by atoms with E-state index >= 15 is 0 Å². The number of carbonyl (C=O) groups is 2. The Bertz CT molecular complexity index is 543. The van der Waals surface area contributed by atoms with Crippen LogP contribution >= 0.6 is 15.9 Å². The minimum absolute atomic E-state index is 0.0283. The van der Waals surface area contributed by atoms with E-state index in [-0.39, 0.29) is 12.5 Å². The second kappa shape index (κ2) is 5.88. The lowest BCUT2D eigenvalue weighted by Crippen LogP contribution is -2.47. The smallest absolute Gasteiger partial charge is 0.328 e. The number of nitrogens with zero attached hydrogens (tertiary/aromatic N) is 1. The van der Waals surface area contributed by atoms with Crippen molar-refractivity contribution in [3.63, 3.8) is 0 Å². The first-order valence-electron chi connectivity index (χ1n) is 5.78. The molecule has 1 aliphatic heterocycles. The van der Waals surface area contributed by atoms with Gasteiger partial charge in [-0.15, -0.1) is 0 Å². The van der Waals surface area contributed by atoms with Crippen LogP contribution in [0.3, 0.4) is 0 Å². The van der Waals surface area contributed by atoms with Gasteiger partial charge in [-0.1, -0.05) is 22.0 Å². The molecular formula is C13H13BrN2O3. The number of benzene rings is 1. The maximum absolute atomic E-state index is 11.4. The topological polar surface area (TPSA) is 69.6 Å². The average molecular weight is 325 g/mol. The number of carboxylic acid groups (broad SMARTS) is 1. The van der Waals surface area contributed by atoms with Crippen molar-refractivity contribution in [3.05, 3.63) is 34.3 Å². The van der Waals surface area contributed by atoms with Crippen LogP contribution in [-0.4, -0.2) is 36.6 Å². The van der Waals surface area contributed by atoms with Crippen molar-refractivity contribution in [3.8, 4) is 0 Å². The fourth-order valence-electron chi connectivity index (χ4n) is 1.94. The first-order valence-corrected chi connectivity index (χ1v) is 6.58. The highest BCUT2D eigenvalue weighted by Gasteiger charge is 2.18. The molecule has 19 heavy (non-hydrogen) atoms. The number of hydrogen-bond acceptors (Lipinski definition) is 3. The third-order valence-corrected chi connectivity index (χ3v) is 3.27. The molecule has 0 aliphatic carbocycles. The fraction of sp³-hybridized carbons (Fsp3) is 0.231. The first kappa shape index (κ1) is 13.6. The second-order valence-corrected chi connectivity index (χ2v) is 5.06. The SMILES string of the molecule is O=C(O)/C=C/c1ccc(Br)cc1N1CCNC(=O)C1. The van der Waals surface area contributed by atoms with Crippen LogP contribution in [0.2, 0.25) is 0 Å². The molecule has 1 heterocycles. The second-order valence-electron chi connectivity index (χ2n) is 4.15. The molecule has 5 nitrogen and oxygen atoms in total. The zero-order chi connectivity index (χ0) is 13.8.